The Labute approximate surface area is 117 Å². The highest BCUT2D eigenvalue weighted by Crippen LogP contribution is 2.28. The number of carbonyl (C=O) groups excluding carboxylic acids is 2. The molecule has 1 atom stereocenters. The number of primary amides is 1. The maximum atomic E-state index is 11.5. The van der Waals surface area contributed by atoms with E-state index in [-0.39, 0.29) is 0 Å². The Morgan fingerprint density at radius 1 is 1.35 bits per heavy atom. The number of urea groups is 1. The van der Waals surface area contributed by atoms with E-state index in [1.54, 1.807) is 6.07 Å². The number of methoxy groups -OCH3 is 1. The second-order valence-electron chi connectivity index (χ2n) is 4.13. The first-order chi connectivity index (χ1) is 9.47. The van der Waals surface area contributed by atoms with Crippen LogP contribution in [0.3, 0.4) is 0 Å². The first-order valence-corrected chi connectivity index (χ1v) is 6.06. The van der Waals surface area contributed by atoms with Crippen LogP contribution in [0.2, 0.25) is 0 Å². The molecule has 0 heterocycles. The molecule has 0 saturated heterocycles. The number of rotatable bonds is 6. The van der Waals surface area contributed by atoms with Crippen LogP contribution in [0.4, 0.5) is 4.79 Å². The molecule has 0 radical (unpaired) electrons. The van der Waals surface area contributed by atoms with Gasteiger partial charge in [-0.3, -0.25) is 10.1 Å². The fourth-order valence-corrected chi connectivity index (χ4v) is 1.59. The van der Waals surface area contributed by atoms with E-state index >= 15 is 0 Å². The van der Waals surface area contributed by atoms with Crippen molar-refractivity contribution in [1.82, 2.24) is 10.6 Å². The van der Waals surface area contributed by atoms with Crippen molar-refractivity contribution in [1.29, 1.82) is 0 Å². The van der Waals surface area contributed by atoms with Crippen LogP contribution in [0.1, 0.15) is 12.5 Å². The zero-order chi connectivity index (χ0) is 15.1. The third kappa shape index (κ3) is 4.43. The van der Waals surface area contributed by atoms with Gasteiger partial charge in [0, 0.05) is 6.54 Å². The van der Waals surface area contributed by atoms with Gasteiger partial charge in [-0.15, -0.1) is 0 Å². The van der Waals surface area contributed by atoms with Gasteiger partial charge in [-0.1, -0.05) is 6.07 Å². The average molecular weight is 281 g/mol. The summed E-state index contributed by atoms with van der Waals surface area (Å²) in [5, 5.41) is 4.98. The summed E-state index contributed by atoms with van der Waals surface area (Å²) in [5.41, 5.74) is 5.90. The Hall–Kier alpha value is -2.28. The second-order valence-corrected chi connectivity index (χ2v) is 4.13. The predicted octanol–water partition coefficient (Wildman–Crippen LogP) is 0.377. The van der Waals surface area contributed by atoms with Crippen molar-refractivity contribution in [3.63, 3.8) is 0 Å². The second kappa shape index (κ2) is 7.34. The summed E-state index contributed by atoms with van der Waals surface area (Å²) in [5.74, 6) is 0.315. The number of nitrogens with one attached hydrogen (secondary N) is 2. The van der Waals surface area contributed by atoms with E-state index < -0.39 is 18.0 Å². The van der Waals surface area contributed by atoms with E-state index in [1.165, 1.54) is 14.0 Å². The van der Waals surface area contributed by atoms with Gasteiger partial charge < -0.3 is 20.5 Å². The topological polar surface area (TPSA) is 103 Å². The molecule has 7 nitrogen and oxygen atoms in total. The van der Waals surface area contributed by atoms with E-state index in [9.17, 15) is 9.59 Å². The number of hydrogen-bond donors (Lipinski definition) is 3. The zero-order valence-electron chi connectivity index (χ0n) is 11.7. The SMILES string of the molecule is CNCc1ccc(OC(C)C(=O)NC(N)=O)c(OC)c1. The molecule has 0 aliphatic carbocycles. The van der Waals surface area contributed by atoms with Crippen molar-refractivity contribution in [2.24, 2.45) is 5.73 Å². The number of ether oxygens (including phenoxy) is 2. The summed E-state index contributed by atoms with van der Waals surface area (Å²) < 4.78 is 10.7. The fraction of sp³-hybridized carbons (Fsp3) is 0.385. The molecular formula is C13H19N3O4. The molecule has 0 aliphatic heterocycles. The number of nitrogens with two attached hydrogens (primary N) is 1. The molecule has 3 amide bonds. The Bertz CT molecular complexity index is 491. The minimum atomic E-state index is -0.915. The molecule has 0 aromatic heterocycles. The number of amides is 3. The molecular weight excluding hydrogens is 262 g/mol. The Morgan fingerprint density at radius 3 is 2.60 bits per heavy atom. The van der Waals surface area contributed by atoms with Crippen LogP contribution in [-0.2, 0) is 11.3 Å². The minimum absolute atomic E-state index is 0.416. The van der Waals surface area contributed by atoms with Crippen molar-refractivity contribution in [2.75, 3.05) is 14.2 Å². The van der Waals surface area contributed by atoms with Crippen LogP contribution in [0.15, 0.2) is 18.2 Å². The van der Waals surface area contributed by atoms with E-state index in [4.69, 9.17) is 15.2 Å². The molecule has 0 spiro atoms. The fourth-order valence-electron chi connectivity index (χ4n) is 1.59. The maximum Gasteiger partial charge on any atom is 0.318 e. The third-order valence-corrected chi connectivity index (χ3v) is 2.53. The quantitative estimate of drug-likeness (QED) is 0.699. The van der Waals surface area contributed by atoms with Crippen molar-refractivity contribution in [2.45, 2.75) is 19.6 Å². The van der Waals surface area contributed by atoms with E-state index in [2.05, 4.69) is 5.32 Å². The summed E-state index contributed by atoms with van der Waals surface area (Å²) in [6, 6.07) is 4.46. The number of carbonyl (C=O) groups is 2. The first kappa shape index (κ1) is 15.8. The number of benzene rings is 1. The lowest BCUT2D eigenvalue weighted by atomic mass is 10.2. The lowest BCUT2D eigenvalue weighted by Crippen LogP contribution is -2.42. The molecule has 1 unspecified atom stereocenters. The van der Waals surface area contributed by atoms with Crippen LogP contribution < -0.4 is 25.8 Å². The zero-order valence-corrected chi connectivity index (χ0v) is 11.7. The van der Waals surface area contributed by atoms with E-state index in [1.807, 2.05) is 24.5 Å². The molecule has 0 saturated carbocycles. The molecule has 1 aromatic rings. The molecule has 0 fully saturated rings. The Balaban J connectivity index is 2.80. The normalized spacial score (nSPS) is 11.6. The smallest absolute Gasteiger partial charge is 0.318 e. The van der Waals surface area contributed by atoms with E-state index in [0.717, 1.165) is 5.56 Å². The summed E-state index contributed by atoms with van der Waals surface area (Å²) in [7, 11) is 3.35. The van der Waals surface area contributed by atoms with Crippen LogP contribution in [0, 0.1) is 0 Å². The lowest BCUT2D eigenvalue weighted by molar-refractivity contribution is -0.126. The first-order valence-electron chi connectivity index (χ1n) is 6.06. The molecule has 110 valence electrons. The average Bonchev–Trinajstić information content (AvgIpc) is 2.39. The number of imide groups is 1. The van der Waals surface area contributed by atoms with Gasteiger partial charge in [-0.05, 0) is 31.7 Å². The van der Waals surface area contributed by atoms with Crippen molar-refractivity contribution < 1.29 is 19.1 Å². The minimum Gasteiger partial charge on any atom is -0.493 e. The maximum absolute atomic E-state index is 11.5. The van der Waals surface area contributed by atoms with Crippen LogP contribution in [0.25, 0.3) is 0 Å². The molecule has 7 heteroatoms. The van der Waals surface area contributed by atoms with Gasteiger partial charge >= 0.3 is 6.03 Å². The summed E-state index contributed by atoms with van der Waals surface area (Å²) >= 11 is 0. The highest BCUT2D eigenvalue weighted by atomic mass is 16.5. The van der Waals surface area contributed by atoms with Crippen molar-refractivity contribution in [3.8, 4) is 11.5 Å². The molecule has 1 aromatic carbocycles. The highest BCUT2D eigenvalue weighted by molar-refractivity contribution is 5.95. The number of hydrogen-bond acceptors (Lipinski definition) is 5. The molecule has 4 N–H and O–H groups in total. The molecule has 1 rings (SSSR count). The summed E-state index contributed by atoms with van der Waals surface area (Å²) in [4.78, 5) is 22.1. The largest absolute Gasteiger partial charge is 0.493 e. The Kier molecular flexibility index (Phi) is 5.79. The Morgan fingerprint density at radius 2 is 2.05 bits per heavy atom. The third-order valence-electron chi connectivity index (χ3n) is 2.53. The standard InChI is InChI=1S/C13H19N3O4/c1-8(12(17)16-13(14)18)20-10-5-4-9(7-15-2)6-11(10)19-3/h4-6,8,15H,7H2,1-3H3,(H3,14,16,17,18). The van der Waals surface area contributed by atoms with Gasteiger partial charge in [0.15, 0.2) is 17.6 Å². The van der Waals surface area contributed by atoms with Gasteiger partial charge in [-0.25, -0.2) is 4.79 Å². The van der Waals surface area contributed by atoms with Gasteiger partial charge in [0.2, 0.25) is 0 Å². The van der Waals surface area contributed by atoms with Crippen molar-refractivity contribution >= 4 is 11.9 Å². The van der Waals surface area contributed by atoms with Crippen LogP contribution in [-0.4, -0.2) is 32.2 Å². The van der Waals surface area contributed by atoms with Gasteiger partial charge in [-0.2, -0.15) is 0 Å². The van der Waals surface area contributed by atoms with Gasteiger partial charge in [0.05, 0.1) is 7.11 Å². The van der Waals surface area contributed by atoms with Crippen LogP contribution in [0.5, 0.6) is 11.5 Å². The molecule has 20 heavy (non-hydrogen) atoms. The molecule has 0 aliphatic rings. The van der Waals surface area contributed by atoms with Crippen LogP contribution >= 0.6 is 0 Å². The summed E-state index contributed by atoms with van der Waals surface area (Å²) in [6.07, 6.45) is -0.869. The lowest BCUT2D eigenvalue weighted by Gasteiger charge is -2.16. The van der Waals surface area contributed by atoms with Crippen molar-refractivity contribution in [3.05, 3.63) is 23.8 Å². The highest BCUT2D eigenvalue weighted by Gasteiger charge is 2.18. The monoisotopic (exact) mass is 281 g/mol. The predicted molar refractivity (Wildman–Crippen MR) is 73.6 cm³/mol. The van der Waals surface area contributed by atoms with Gasteiger partial charge in [0.1, 0.15) is 0 Å². The van der Waals surface area contributed by atoms with Gasteiger partial charge in [0.25, 0.3) is 5.91 Å². The molecule has 0 bridgehead atoms. The summed E-state index contributed by atoms with van der Waals surface area (Å²) in [6.45, 7) is 2.20. The van der Waals surface area contributed by atoms with E-state index in [0.29, 0.717) is 18.0 Å².